The summed E-state index contributed by atoms with van der Waals surface area (Å²) in [6.45, 7) is 3.30. The number of benzene rings is 1. The molecule has 1 atom stereocenters. The van der Waals surface area contributed by atoms with Crippen molar-refractivity contribution in [1.29, 1.82) is 0 Å². The van der Waals surface area contributed by atoms with Crippen LogP contribution in [0.3, 0.4) is 0 Å². The van der Waals surface area contributed by atoms with Gasteiger partial charge >= 0.3 is 0 Å². The summed E-state index contributed by atoms with van der Waals surface area (Å²) < 4.78 is 11.2. The number of nitrogens with zero attached hydrogens (tertiary/aromatic N) is 1. The third-order valence-corrected chi connectivity index (χ3v) is 3.56. The molecule has 3 rings (SSSR count). The molecule has 0 spiro atoms. The van der Waals surface area contributed by atoms with Crippen LogP contribution < -0.4 is 14.8 Å². The second kappa shape index (κ2) is 5.51. The zero-order valence-corrected chi connectivity index (χ0v) is 11.7. The molecule has 4 nitrogen and oxygen atoms in total. The van der Waals surface area contributed by atoms with Gasteiger partial charge in [-0.3, -0.25) is 4.98 Å². The van der Waals surface area contributed by atoms with E-state index >= 15 is 0 Å². The van der Waals surface area contributed by atoms with Gasteiger partial charge in [-0.1, -0.05) is 6.07 Å². The second-order valence-electron chi connectivity index (χ2n) is 4.86. The number of pyridine rings is 1. The normalized spacial score (nSPS) is 14.9. The number of nitrogens with one attached hydrogen (secondary N) is 1. The smallest absolute Gasteiger partial charge is 0.161 e. The molecule has 4 heteroatoms. The van der Waals surface area contributed by atoms with Crippen molar-refractivity contribution >= 4 is 0 Å². The van der Waals surface area contributed by atoms with Crippen LogP contribution in [0.25, 0.3) is 0 Å². The molecule has 1 aromatic carbocycles. The van der Waals surface area contributed by atoms with E-state index < -0.39 is 0 Å². The number of aromatic nitrogens is 1. The van der Waals surface area contributed by atoms with Gasteiger partial charge in [0.1, 0.15) is 13.2 Å². The standard InChI is InChI=1S/C16H18N2O2/c1-11-10-18-6-5-13(11)16(17-2)12-3-4-14-15(9-12)20-8-7-19-14/h3-6,9-10,16-17H,7-8H2,1-2H3. The molecule has 0 radical (unpaired) electrons. The first-order valence-electron chi connectivity index (χ1n) is 6.77. The van der Waals surface area contributed by atoms with Crippen molar-refractivity contribution in [3.8, 4) is 11.5 Å². The zero-order valence-electron chi connectivity index (χ0n) is 11.7. The molecular weight excluding hydrogens is 252 g/mol. The highest BCUT2D eigenvalue weighted by molar-refractivity contribution is 5.47. The minimum absolute atomic E-state index is 0.119. The molecule has 1 aliphatic heterocycles. The van der Waals surface area contributed by atoms with Crippen molar-refractivity contribution in [3.05, 3.63) is 53.3 Å². The van der Waals surface area contributed by atoms with Gasteiger partial charge < -0.3 is 14.8 Å². The van der Waals surface area contributed by atoms with E-state index in [2.05, 4.69) is 29.4 Å². The molecular formula is C16H18N2O2. The van der Waals surface area contributed by atoms with E-state index in [1.54, 1.807) is 0 Å². The predicted molar refractivity (Wildman–Crippen MR) is 77.3 cm³/mol. The Morgan fingerprint density at radius 2 is 1.95 bits per heavy atom. The monoisotopic (exact) mass is 270 g/mol. The fraction of sp³-hybridized carbons (Fsp3) is 0.312. The molecule has 104 valence electrons. The molecule has 1 N–H and O–H groups in total. The number of fused-ring (bicyclic) bond motifs is 1. The first kappa shape index (κ1) is 12.9. The van der Waals surface area contributed by atoms with Crippen molar-refractivity contribution in [3.63, 3.8) is 0 Å². The predicted octanol–water partition coefficient (Wildman–Crippen LogP) is 2.47. The SMILES string of the molecule is CNC(c1ccc2c(c1)OCCO2)c1ccncc1C. The van der Waals surface area contributed by atoms with Crippen LogP contribution in [0.15, 0.2) is 36.7 Å². The van der Waals surface area contributed by atoms with Crippen LogP contribution in [-0.4, -0.2) is 25.2 Å². The van der Waals surface area contributed by atoms with Crippen LogP contribution in [-0.2, 0) is 0 Å². The third-order valence-electron chi connectivity index (χ3n) is 3.56. The molecule has 20 heavy (non-hydrogen) atoms. The fourth-order valence-electron chi connectivity index (χ4n) is 2.55. The molecule has 2 heterocycles. The van der Waals surface area contributed by atoms with E-state index in [1.165, 1.54) is 11.1 Å². The fourth-order valence-corrected chi connectivity index (χ4v) is 2.55. The van der Waals surface area contributed by atoms with Gasteiger partial charge in [0.15, 0.2) is 11.5 Å². The maximum Gasteiger partial charge on any atom is 0.161 e. The van der Waals surface area contributed by atoms with Crippen LogP contribution in [0.1, 0.15) is 22.7 Å². The summed E-state index contributed by atoms with van der Waals surface area (Å²) in [4.78, 5) is 4.15. The maximum atomic E-state index is 5.66. The lowest BCUT2D eigenvalue weighted by Gasteiger charge is -2.23. The second-order valence-corrected chi connectivity index (χ2v) is 4.86. The Labute approximate surface area is 118 Å². The molecule has 1 aromatic heterocycles. The lowest BCUT2D eigenvalue weighted by atomic mass is 9.96. The molecule has 0 fully saturated rings. The van der Waals surface area contributed by atoms with Gasteiger partial charge in [-0.05, 0) is 48.9 Å². The molecule has 2 aromatic rings. The van der Waals surface area contributed by atoms with E-state index in [9.17, 15) is 0 Å². The Kier molecular flexibility index (Phi) is 3.56. The van der Waals surface area contributed by atoms with Crippen LogP contribution >= 0.6 is 0 Å². The highest BCUT2D eigenvalue weighted by Crippen LogP contribution is 2.34. The van der Waals surface area contributed by atoms with Crippen molar-refractivity contribution in [2.75, 3.05) is 20.3 Å². The number of aryl methyl sites for hydroxylation is 1. The third kappa shape index (κ3) is 2.34. The first-order valence-corrected chi connectivity index (χ1v) is 6.77. The van der Waals surface area contributed by atoms with Crippen LogP contribution in [0.2, 0.25) is 0 Å². The van der Waals surface area contributed by atoms with E-state index in [0.29, 0.717) is 13.2 Å². The van der Waals surface area contributed by atoms with Gasteiger partial charge in [0.2, 0.25) is 0 Å². The number of ether oxygens (including phenoxy) is 2. The average molecular weight is 270 g/mol. The van der Waals surface area contributed by atoms with Gasteiger partial charge in [-0.15, -0.1) is 0 Å². The van der Waals surface area contributed by atoms with E-state index in [4.69, 9.17) is 9.47 Å². The van der Waals surface area contributed by atoms with Gasteiger partial charge in [0.25, 0.3) is 0 Å². The largest absolute Gasteiger partial charge is 0.486 e. The zero-order chi connectivity index (χ0) is 13.9. The molecule has 0 bridgehead atoms. The topological polar surface area (TPSA) is 43.4 Å². The van der Waals surface area contributed by atoms with Crippen LogP contribution in [0.5, 0.6) is 11.5 Å². The van der Waals surface area contributed by atoms with Gasteiger partial charge in [0.05, 0.1) is 6.04 Å². The molecule has 1 unspecified atom stereocenters. The molecule has 0 saturated heterocycles. The van der Waals surface area contributed by atoms with Crippen molar-refractivity contribution in [1.82, 2.24) is 10.3 Å². The quantitative estimate of drug-likeness (QED) is 0.930. The summed E-state index contributed by atoms with van der Waals surface area (Å²) in [7, 11) is 1.96. The minimum Gasteiger partial charge on any atom is -0.486 e. The molecule has 0 amide bonds. The molecule has 0 aliphatic carbocycles. The van der Waals surface area contributed by atoms with Gasteiger partial charge in [0, 0.05) is 12.4 Å². The Hall–Kier alpha value is -2.07. The Morgan fingerprint density at radius 1 is 1.15 bits per heavy atom. The summed E-state index contributed by atoms with van der Waals surface area (Å²) >= 11 is 0. The van der Waals surface area contributed by atoms with E-state index in [0.717, 1.165) is 17.1 Å². The summed E-state index contributed by atoms with van der Waals surface area (Å²) in [5, 5.41) is 3.36. The van der Waals surface area contributed by atoms with Crippen molar-refractivity contribution in [2.45, 2.75) is 13.0 Å². The minimum atomic E-state index is 0.119. The van der Waals surface area contributed by atoms with Crippen LogP contribution in [0.4, 0.5) is 0 Å². The lowest BCUT2D eigenvalue weighted by Crippen LogP contribution is -2.20. The molecule has 1 aliphatic rings. The Morgan fingerprint density at radius 3 is 2.70 bits per heavy atom. The number of rotatable bonds is 3. The summed E-state index contributed by atoms with van der Waals surface area (Å²) in [5.74, 6) is 1.64. The lowest BCUT2D eigenvalue weighted by molar-refractivity contribution is 0.171. The average Bonchev–Trinajstić information content (AvgIpc) is 2.50. The molecule has 0 saturated carbocycles. The Balaban J connectivity index is 1.99. The number of hydrogen-bond acceptors (Lipinski definition) is 4. The maximum absolute atomic E-state index is 5.66. The summed E-state index contributed by atoms with van der Waals surface area (Å²) in [5.41, 5.74) is 3.55. The van der Waals surface area contributed by atoms with Crippen LogP contribution in [0, 0.1) is 6.92 Å². The van der Waals surface area contributed by atoms with Gasteiger partial charge in [-0.25, -0.2) is 0 Å². The number of hydrogen-bond donors (Lipinski definition) is 1. The van der Waals surface area contributed by atoms with E-state index in [-0.39, 0.29) is 6.04 Å². The van der Waals surface area contributed by atoms with Crippen molar-refractivity contribution < 1.29 is 9.47 Å². The van der Waals surface area contributed by atoms with E-state index in [1.807, 2.05) is 31.6 Å². The highest BCUT2D eigenvalue weighted by Gasteiger charge is 2.18. The summed E-state index contributed by atoms with van der Waals surface area (Å²) in [6, 6.07) is 8.27. The summed E-state index contributed by atoms with van der Waals surface area (Å²) in [6.07, 6.45) is 3.71. The Bertz CT molecular complexity index is 613. The first-order chi connectivity index (χ1) is 9.79. The van der Waals surface area contributed by atoms with Crippen molar-refractivity contribution in [2.24, 2.45) is 0 Å². The van der Waals surface area contributed by atoms with Gasteiger partial charge in [-0.2, -0.15) is 0 Å². The highest BCUT2D eigenvalue weighted by atomic mass is 16.6.